The fourth-order valence-corrected chi connectivity index (χ4v) is 1.50. The van der Waals surface area contributed by atoms with E-state index in [0.29, 0.717) is 22.1 Å². The smallest absolute Gasteiger partial charge is 0.432 e. The molecule has 0 atom stereocenters. The Morgan fingerprint density at radius 1 is 1.44 bits per heavy atom. The Balaban J connectivity index is 2.49. The van der Waals surface area contributed by atoms with Crippen LogP contribution in [0.15, 0.2) is 24.4 Å². The molecule has 2 heterocycles. The van der Waals surface area contributed by atoms with E-state index in [4.69, 9.17) is 16.7 Å². The van der Waals surface area contributed by atoms with E-state index in [2.05, 4.69) is 10.1 Å². The molecule has 0 aliphatic rings. The summed E-state index contributed by atoms with van der Waals surface area (Å²) in [6.07, 6.45) is 0.429. The molecule has 2 aromatic rings. The summed E-state index contributed by atoms with van der Waals surface area (Å²) in [7, 11) is 0. The zero-order valence-electron chi connectivity index (χ0n) is 8.38. The molecular weight excluding hydrogens is 230 g/mol. The van der Waals surface area contributed by atoms with Crippen molar-refractivity contribution in [3.63, 3.8) is 0 Å². The molecule has 2 aromatic heterocycles. The zero-order chi connectivity index (χ0) is 11.7. The Kier molecular flexibility index (Phi) is 2.62. The van der Waals surface area contributed by atoms with E-state index in [9.17, 15) is 4.79 Å². The predicted molar refractivity (Wildman–Crippen MR) is 58.6 cm³/mol. The molecule has 5 nitrogen and oxygen atoms in total. The van der Waals surface area contributed by atoms with Gasteiger partial charge in [-0.15, -0.1) is 0 Å². The summed E-state index contributed by atoms with van der Waals surface area (Å²) in [6, 6.07) is 4.93. The van der Waals surface area contributed by atoms with Gasteiger partial charge in [0.1, 0.15) is 5.69 Å². The Hall–Kier alpha value is -1.88. The standard InChI is InChI=1S/C10H8ClN3O2/c1-6-4-9(13-14(6)10(15)16)8-5-7(11)2-3-12-8/h2-5H,1H3,(H,15,16). The number of hydrogen-bond donors (Lipinski definition) is 1. The minimum atomic E-state index is -1.12. The summed E-state index contributed by atoms with van der Waals surface area (Å²) in [5.74, 6) is 0. The van der Waals surface area contributed by atoms with E-state index in [0.717, 1.165) is 4.68 Å². The Morgan fingerprint density at radius 3 is 2.75 bits per heavy atom. The van der Waals surface area contributed by atoms with Crippen molar-refractivity contribution in [3.05, 3.63) is 35.1 Å². The second kappa shape index (κ2) is 3.94. The average Bonchev–Trinajstić information content (AvgIpc) is 2.60. The van der Waals surface area contributed by atoms with Crippen LogP contribution in [0, 0.1) is 6.92 Å². The van der Waals surface area contributed by atoms with Crippen molar-refractivity contribution in [2.24, 2.45) is 0 Å². The van der Waals surface area contributed by atoms with Crippen molar-refractivity contribution in [1.82, 2.24) is 14.8 Å². The number of nitrogens with zero attached hydrogens (tertiary/aromatic N) is 3. The van der Waals surface area contributed by atoms with Crippen LogP contribution in [-0.4, -0.2) is 26.0 Å². The van der Waals surface area contributed by atoms with Crippen LogP contribution in [0.5, 0.6) is 0 Å². The molecule has 0 amide bonds. The average molecular weight is 238 g/mol. The van der Waals surface area contributed by atoms with Gasteiger partial charge in [-0.3, -0.25) is 4.98 Å². The van der Waals surface area contributed by atoms with Gasteiger partial charge in [0.25, 0.3) is 0 Å². The number of aromatic nitrogens is 3. The van der Waals surface area contributed by atoms with Crippen molar-refractivity contribution in [2.75, 3.05) is 0 Å². The lowest BCUT2D eigenvalue weighted by Crippen LogP contribution is -2.11. The predicted octanol–water partition coefficient (Wildman–Crippen LogP) is 2.43. The summed E-state index contributed by atoms with van der Waals surface area (Å²) in [4.78, 5) is 14.9. The molecule has 0 bridgehead atoms. The molecule has 2 rings (SSSR count). The van der Waals surface area contributed by atoms with E-state index < -0.39 is 6.09 Å². The van der Waals surface area contributed by atoms with Crippen LogP contribution < -0.4 is 0 Å². The third-order valence-electron chi connectivity index (χ3n) is 2.05. The zero-order valence-corrected chi connectivity index (χ0v) is 9.14. The van der Waals surface area contributed by atoms with Crippen LogP contribution in [-0.2, 0) is 0 Å². The van der Waals surface area contributed by atoms with Gasteiger partial charge in [-0.05, 0) is 25.1 Å². The van der Waals surface area contributed by atoms with E-state index >= 15 is 0 Å². The van der Waals surface area contributed by atoms with Crippen LogP contribution in [0.2, 0.25) is 5.02 Å². The molecule has 0 aliphatic carbocycles. The van der Waals surface area contributed by atoms with Crippen LogP contribution in [0.1, 0.15) is 5.69 Å². The number of carbonyl (C=O) groups is 1. The topological polar surface area (TPSA) is 68.0 Å². The fraction of sp³-hybridized carbons (Fsp3) is 0.100. The van der Waals surface area contributed by atoms with Gasteiger partial charge in [-0.1, -0.05) is 11.6 Å². The Bertz CT molecular complexity index is 551. The minimum Gasteiger partial charge on any atom is -0.463 e. The Labute approximate surface area is 96.3 Å². The van der Waals surface area contributed by atoms with Gasteiger partial charge in [0, 0.05) is 16.9 Å². The molecule has 1 N–H and O–H groups in total. The Morgan fingerprint density at radius 2 is 2.19 bits per heavy atom. The summed E-state index contributed by atoms with van der Waals surface area (Å²) in [5.41, 5.74) is 1.57. The van der Waals surface area contributed by atoms with Gasteiger partial charge in [0.05, 0.1) is 5.69 Å². The van der Waals surface area contributed by atoms with Crippen molar-refractivity contribution >= 4 is 17.7 Å². The van der Waals surface area contributed by atoms with Crippen LogP contribution >= 0.6 is 11.6 Å². The highest BCUT2D eigenvalue weighted by atomic mass is 35.5. The molecule has 0 radical (unpaired) electrons. The van der Waals surface area contributed by atoms with Gasteiger partial charge in [0.15, 0.2) is 0 Å². The first-order valence-electron chi connectivity index (χ1n) is 4.50. The summed E-state index contributed by atoms with van der Waals surface area (Å²) < 4.78 is 0.901. The highest BCUT2D eigenvalue weighted by Crippen LogP contribution is 2.19. The molecule has 16 heavy (non-hydrogen) atoms. The van der Waals surface area contributed by atoms with Crippen LogP contribution in [0.25, 0.3) is 11.4 Å². The monoisotopic (exact) mass is 237 g/mol. The maximum absolute atomic E-state index is 10.8. The maximum atomic E-state index is 10.8. The second-order valence-corrected chi connectivity index (χ2v) is 3.66. The molecule has 0 aromatic carbocycles. The van der Waals surface area contributed by atoms with Crippen molar-refractivity contribution in [3.8, 4) is 11.4 Å². The maximum Gasteiger partial charge on any atom is 0.432 e. The number of rotatable bonds is 1. The SMILES string of the molecule is Cc1cc(-c2cc(Cl)ccn2)nn1C(=O)O. The van der Waals surface area contributed by atoms with Crippen LogP contribution in [0.4, 0.5) is 4.79 Å². The van der Waals surface area contributed by atoms with Gasteiger partial charge >= 0.3 is 6.09 Å². The lowest BCUT2D eigenvalue weighted by Gasteiger charge is -1.95. The first kappa shape index (κ1) is 10.6. The highest BCUT2D eigenvalue weighted by Gasteiger charge is 2.11. The van der Waals surface area contributed by atoms with Gasteiger partial charge in [0.2, 0.25) is 0 Å². The first-order chi connectivity index (χ1) is 7.58. The van der Waals surface area contributed by atoms with Gasteiger partial charge < -0.3 is 5.11 Å². The third-order valence-corrected chi connectivity index (χ3v) is 2.29. The molecule has 0 fully saturated rings. The fourth-order valence-electron chi connectivity index (χ4n) is 1.34. The lowest BCUT2D eigenvalue weighted by atomic mass is 10.2. The highest BCUT2D eigenvalue weighted by molar-refractivity contribution is 6.30. The number of carboxylic acid groups (broad SMARTS) is 1. The van der Waals surface area contributed by atoms with E-state index in [1.165, 1.54) is 0 Å². The molecule has 0 saturated heterocycles. The van der Waals surface area contributed by atoms with E-state index in [1.807, 2.05) is 0 Å². The van der Waals surface area contributed by atoms with Crippen molar-refractivity contribution < 1.29 is 9.90 Å². The van der Waals surface area contributed by atoms with E-state index in [-0.39, 0.29) is 0 Å². The molecule has 0 saturated carbocycles. The van der Waals surface area contributed by atoms with Gasteiger partial charge in [-0.2, -0.15) is 9.78 Å². The minimum absolute atomic E-state index is 0.488. The number of pyridine rings is 1. The molecule has 6 heteroatoms. The van der Waals surface area contributed by atoms with Crippen LogP contribution in [0.3, 0.4) is 0 Å². The molecular formula is C10H8ClN3O2. The number of halogens is 1. The third kappa shape index (κ3) is 1.90. The summed E-state index contributed by atoms with van der Waals surface area (Å²) in [6.45, 7) is 1.66. The second-order valence-electron chi connectivity index (χ2n) is 3.22. The van der Waals surface area contributed by atoms with E-state index in [1.54, 1.807) is 31.3 Å². The molecule has 82 valence electrons. The van der Waals surface area contributed by atoms with Gasteiger partial charge in [-0.25, -0.2) is 4.79 Å². The molecule has 0 unspecified atom stereocenters. The van der Waals surface area contributed by atoms with Crippen molar-refractivity contribution in [1.29, 1.82) is 0 Å². The lowest BCUT2D eigenvalue weighted by molar-refractivity contribution is 0.192. The normalized spacial score (nSPS) is 10.4. The molecule has 0 aliphatic heterocycles. The number of aryl methyl sites for hydroxylation is 1. The first-order valence-corrected chi connectivity index (χ1v) is 4.87. The quantitative estimate of drug-likeness (QED) is 0.827. The summed E-state index contributed by atoms with van der Waals surface area (Å²) in [5, 5.41) is 13.3. The van der Waals surface area contributed by atoms with Crippen molar-refractivity contribution in [2.45, 2.75) is 6.92 Å². The largest absolute Gasteiger partial charge is 0.463 e. The molecule has 0 spiro atoms. The summed E-state index contributed by atoms with van der Waals surface area (Å²) >= 11 is 5.81. The number of hydrogen-bond acceptors (Lipinski definition) is 3.